The third kappa shape index (κ3) is 7.17. The number of hydrogen-bond acceptors (Lipinski definition) is 1. The molecule has 0 atom stereocenters. The molecule has 2 nitrogen and oxygen atoms in total. The quantitative estimate of drug-likeness (QED) is 0.598. The second-order valence-electron chi connectivity index (χ2n) is 2.47. The average Bonchev–Trinajstić information content (AvgIpc) is 2.02. The van der Waals surface area contributed by atoms with Crippen LogP contribution in [0.15, 0.2) is 12.2 Å². The van der Waals surface area contributed by atoms with E-state index in [1.165, 1.54) is 0 Å². The molecule has 0 rings (SSSR count). The Bertz CT molecular complexity index is 186. The lowest BCUT2D eigenvalue weighted by Crippen LogP contribution is -2.34. The van der Waals surface area contributed by atoms with Gasteiger partial charge in [-0.3, -0.25) is 4.79 Å². The van der Waals surface area contributed by atoms with Gasteiger partial charge in [-0.05, 0) is 6.42 Å². The maximum Gasteiger partial charge on any atom is 0.272 e. The lowest BCUT2D eigenvalue weighted by Gasteiger charge is -2.09. The Hall–Kier alpha value is 0.0800. The molecule has 0 aromatic rings. The maximum atomic E-state index is 11.0. The summed E-state index contributed by atoms with van der Waals surface area (Å²) in [5.41, 5.74) is 0. The van der Waals surface area contributed by atoms with Crippen molar-refractivity contribution in [1.82, 2.24) is 5.32 Å². The van der Waals surface area contributed by atoms with Crippen LogP contribution < -0.4 is 5.32 Å². The maximum absolute atomic E-state index is 11.0. The summed E-state index contributed by atoms with van der Waals surface area (Å²) in [5.74, 6) is -0.598. The number of carbonyl (C=O) groups is 1. The van der Waals surface area contributed by atoms with Crippen molar-refractivity contribution in [2.45, 2.75) is 23.6 Å². The standard InChI is InChI=1S/C8H12Cl3NO/c1-2-3-4-5-6-12-7(13)8(9,10)11/h4-5H,2-3,6H2,1H3,(H,12,13)/b5-4+. The molecule has 0 aromatic carbocycles. The normalized spacial score (nSPS) is 12.0. The molecular weight excluding hydrogens is 232 g/mol. The number of nitrogens with one attached hydrogen (secondary N) is 1. The van der Waals surface area contributed by atoms with Crippen LogP contribution in [0.3, 0.4) is 0 Å². The lowest BCUT2D eigenvalue weighted by atomic mass is 10.3. The van der Waals surface area contributed by atoms with Crippen LogP contribution in [-0.4, -0.2) is 16.2 Å². The molecule has 0 aromatic heterocycles. The van der Waals surface area contributed by atoms with E-state index in [1.807, 2.05) is 12.2 Å². The molecule has 0 fully saturated rings. The Labute approximate surface area is 93.2 Å². The number of alkyl halides is 3. The van der Waals surface area contributed by atoms with Crippen LogP contribution >= 0.6 is 34.8 Å². The van der Waals surface area contributed by atoms with Gasteiger partial charge in [0.2, 0.25) is 0 Å². The molecule has 0 bridgehead atoms. The van der Waals surface area contributed by atoms with Gasteiger partial charge in [-0.15, -0.1) is 0 Å². The topological polar surface area (TPSA) is 29.1 Å². The van der Waals surface area contributed by atoms with E-state index in [4.69, 9.17) is 34.8 Å². The monoisotopic (exact) mass is 243 g/mol. The van der Waals surface area contributed by atoms with Gasteiger partial charge in [0.25, 0.3) is 9.70 Å². The van der Waals surface area contributed by atoms with E-state index >= 15 is 0 Å². The minimum Gasteiger partial charge on any atom is -0.349 e. The fourth-order valence-corrected chi connectivity index (χ4v) is 0.820. The zero-order chi connectivity index (χ0) is 10.3. The van der Waals surface area contributed by atoms with Gasteiger partial charge in [0.15, 0.2) is 0 Å². The first-order valence-electron chi connectivity index (χ1n) is 3.98. The minimum absolute atomic E-state index is 0.396. The number of rotatable bonds is 4. The molecule has 0 unspecified atom stereocenters. The van der Waals surface area contributed by atoms with Gasteiger partial charge >= 0.3 is 0 Å². The molecule has 0 aliphatic rings. The minimum atomic E-state index is -1.86. The summed E-state index contributed by atoms with van der Waals surface area (Å²) in [7, 11) is 0. The first-order chi connectivity index (χ1) is 5.98. The highest BCUT2D eigenvalue weighted by Gasteiger charge is 2.29. The molecule has 13 heavy (non-hydrogen) atoms. The smallest absolute Gasteiger partial charge is 0.272 e. The van der Waals surface area contributed by atoms with Gasteiger partial charge in [0.1, 0.15) is 0 Å². The van der Waals surface area contributed by atoms with Crippen LogP contribution in [-0.2, 0) is 4.79 Å². The zero-order valence-corrected chi connectivity index (χ0v) is 9.59. The van der Waals surface area contributed by atoms with Gasteiger partial charge in [0.05, 0.1) is 0 Å². The first-order valence-corrected chi connectivity index (χ1v) is 5.12. The summed E-state index contributed by atoms with van der Waals surface area (Å²) in [5, 5.41) is 2.46. The van der Waals surface area contributed by atoms with E-state index in [2.05, 4.69) is 12.2 Å². The van der Waals surface area contributed by atoms with E-state index in [-0.39, 0.29) is 0 Å². The Morgan fingerprint density at radius 1 is 1.38 bits per heavy atom. The van der Waals surface area contributed by atoms with Crippen molar-refractivity contribution in [3.05, 3.63) is 12.2 Å². The highest BCUT2D eigenvalue weighted by molar-refractivity contribution is 6.76. The summed E-state index contributed by atoms with van der Waals surface area (Å²) in [4.78, 5) is 11.0. The zero-order valence-electron chi connectivity index (χ0n) is 7.32. The number of amides is 1. The summed E-state index contributed by atoms with van der Waals surface area (Å²) >= 11 is 16.0. The van der Waals surface area contributed by atoms with Crippen molar-refractivity contribution in [3.63, 3.8) is 0 Å². The van der Waals surface area contributed by atoms with Crippen molar-refractivity contribution in [3.8, 4) is 0 Å². The number of unbranched alkanes of at least 4 members (excludes halogenated alkanes) is 1. The molecule has 0 aliphatic carbocycles. The third-order valence-corrected chi connectivity index (χ3v) is 1.77. The molecule has 0 saturated carbocycles. The Balaban J connectivity index is 3.60. The SMILES string of the molecule is CCC/C=C/CNC(=O)C(Cl)(Cl)Cl. The van der Waals surface area contributed by atoms with Crippen LogP contribution in [0.1, 0.15) is 19.8 Å². The van der Waals surface area contributed by atoms with Gasteiger partial charge in [-0.2, -0.15) is 0 Å². The molecule has 0 saturated heterocycles. The number of allylic oxidation sites excluding steroid dienone is 1. The number of halogens is 3. The molecule has 0 aliphatic heterocycles. The fourth-order valence-electron chi connectivity index (χ4n) is 0.620. The van der Waals surface area contributed by atoms with Gasteiger partial charge in [-0.1, -0.05) is 60.3 Å². The van der Waals surface area contributed by atoms with Gasteiger partial charge < -0.3 is 5.32 Å². The molecule has 0 radical (unpaired) electrons. The van der Waals surface area contributed by atoms with E-state index in [0.717, 1.165) is 12.8 Å². The van der Waals surface area contributed by atoms with E-state index in [0.29, 0.717) is 6.54 Å². The van der Waals surface area contributed by atoms with Crippen LogP contribution in [0.25, 0.3) is 0 Å². The van der Waals surface area contributed by atoms with Crippen molar-refractivity contribution in [2.24, 2.45) is 0 Å². The largest absolute Gasteiger partial charge is 0.349 e. The average molecular weight is 245 g/mol. The van der Waals surface area contributed by atoms with E-state index in [1.54, 1.807) is 0 Å². The molecule has 76 valence electrons. The molecule has 0 spiro atoms. The molecular formula is C8H12Cl3NO. The Morgan fingerprint density at radius 3 is 2.46 bits per heavy atom. The van der Waals surface area contributed by atoms with Crippen molar-refractivity contribution < 1.29 is 4.79 Å². The van der Waals surface area contributed by atoms with Gasteiger partial charge in [-0.25, -0.2) is 0 Å². The van der Waals surface area contributed by atoms with E-state index in [9.17, 15) is 4.79 Å². The predicted octanol–water partition coefficient (Wildman–Crippen LogP) is 2.83. The summed E-state index contributed by atoms with van der Waals surface area (Å²) in [6.07, 6.45) is 5.87. The number of carbonyl (C=O) groups excluding carboxylic acids is 1. The number of hydrogen-bond donors (Lipinski definition) is 1. The summed E-state index contributed by atoms with van der Waals surface area (Å²) in [6.45, 7) is 2.47. The fraction of sp³-hybridized carbons (Fsp3) is 0.625. The second-order valence-corrected chi connectivity index (χ2v) is 4.75. The van der Waals surface area contributed by atoms with Crippen LogP contribution in [0.2, 0.25) is 0 Å². The highest BCUT2D eigenvalue weighted by atomic mass is 35.6. The highest BCUT2D eigenvalue weighted by Crippen LogP contribution is 2.25. The van der Waals surface area contributed by atoms with Crippen LogP contribution in [0.5, 0.6) is 0 Å². The molecule has 1 amide bonds. The summed E-state index contributed by atoms with van der Waals surface area (Å²) in [6, 6.07) is 0. The Morgan fingerprint density at radius 2 is 2.00 bits per heavy atom. The Kier molecular flexibility index (Phi) is 6.56. The molecule has 1 N–H and O–H groups in total. The summed E-state index contributed by atoms with van der Waals surface area (Å²) < 4.78 is -1.86. The van der Waals surface area contributed by atoms with Crippen LogP contribution in [0.4, 0.5) is 0 Å². The lowest BCUT2D eigenvalue weighted by molar-refractivity contribution is -0.120. The third-order valence-electron chi connectivity index (χ3n) is 1.26. The van der Waals surface area contributed by atoms with Crippen molar-refractivity contribution >= 4 is 40.7 Å². The van der Waals surface area contributed by atoms with Crippen molar-refractivity contribution in [2.75, 3.05) is 6.54 Å². The molecule has 5 heteroatoms. The van der Waals surface area contributed by atoms with Crippen molar-refractivity contribution in [1.29, 1.82) is 0 Å². The van der Waals surface area contributed by atoms with Crippen LogP contribution in [0, 0.1) is 0 Å². The molecule has 0 heterocycles. The van der Waals surface area contributed by atoms with Gasteiger partial charge in [0, 0.05) is 6.54 Å². The second kappa shape index (κ2) is 6.52. The first kappa shape index (κ1) is 13.1. The predicted molar refractivity (Wildman–Crippen MR) is 57.3 cm³/mol. The van der Waals surface area contributed by atoms with E-state index < -0.39 is 9.70 Å².